The maximum atomic E-state index is 12.5. The van der Waals surface area contributed by atoms with Crippen molar-refractivity contribution < 1.29 is 9.50 Å². The van der Waals surface area contributed by atoms with Crippen LogP contribution in [0.1, 0.15) is 0 Å². The van der Waals surface area contributed by atoms with Gasteiger partial charge in [-0.25, -0.2) is 4.39 Å². The number of phenols is 1. The topological polar surface area (TPSA) is 20.2 Å². The fraction of sp³-hybridized carbons (Fsp3) is 0. The van der Waals surface area contributed by atoms with Crippen molar-refractivity contribution in [2.24, 2.45) is 0 Å². The highest BCUT2D eigenvalue weighted by molar-refractivity contribution is 9.10. The molecule has 4 heteroatoms. The predicted molar refractivity (Wildman–Crippen MR) is 39.6 cm³/mol. The first-order chi connectivity index (χ1) is 4.63. The van der Waals surface area contributed by atoms with Gasteiger partial charge in [0.25, 0.3) is 0 Å². The molecule has 1 radical (unpaired) electrons. The molecular formula is C6H2BrClFO. The number of benzene rings is 1. The van der Waals surface area contributed by atoms with Crippen LogP contribution in [-0.2, 0) is 0 Å². The summed E-state index contributed by atoms with van der Waals surface area (Å²) >= 11 is 8.17. The van der Waals surface area contributed by atoms with E-state index in [9.17, 15) is 4.39 Å². The third-order valence-corrected chi connectivity index (χ3v) is 1.83. The van der Waals surface area contributed by atoms with Crippen molar-refractivity contribution in [3.8, 4) is 5.75 Å². The van der Waals surface area contributed by atoms with E-state index >= 15 is 0 Å². The summed E-state index contributed by atoms with van der Waals surface area (Å²) in [5.74, 6) is -1.33. The third kappa shape index (κ3) is 1.25. The molecule has 0 saturated carbocycles. The van der Waals surface area contributed by atoms with E-state index < -0.39 is 11.6 Å². The number of rotatable bonds is 0. The molecule has 0 atom stereocenters. The zero-order valence-corrected chi connectivity index (χ0v) is 7.00. The SMILES string of the molecule is Oc1c(Br)c[c]c(Cl)c1F. The smallest absolute Gasteiger partial charge is 0.185 e. The summed E-state index contributed by atoms with van der Waals surface area (Å²) in [7, 11) is 0. The van der Waals surface area contributed by atoms with E-state index in [1.165, 1.54) is 6.07 Å². The van der Waals surface area contributed by atoms with Crippen LogP contribution in [-0.4, -0.2) is 5.11 Å². The van der Waals surface area contributed by atoms with E-state index in [0.717, 1.165) is 0 Å². The van der Waals surface area contributed by atoms with E-state index in [4.69, 9.17) is 16.7 Å². The normalized spacial score (nSPS) is 9.90. The molecule has 1 aromatic rings. The molecule has 0 saturated heterocycles. The van der Waals surface area contributed by atoms with Gasteiger partial charge in [0.15, 0.2) is 11.6 Å². The Morgan fingerprint density at radius 2 is 2.30 bits per heavy atom. The van der Waals surface area contributed by atoms with Crippen LogP contribution in [0.5, 0.6) is 5.75 Å². The van der Waals surface area contributed by atoms with Gasteiger partial charge in [-0.3, -0.25) is 0 Å². The second-order valence-electron chi connectivity index (χ2n) is 1.61. The van der Waals surface area contributed by atoms with Crippen LogP contribution in [0.4, 0.5) is 4.39 Å². The van der Waals surface area contributed by atoms with Gasteiger partial charge < -0.3 is 5.11 Å². The molecule has 1 rings (SSSR count). The van der Waals surface area contributed by atoms with E-state index in [1.807, 2.05) is 0 Å². The van der Waals surface area contributed by atoms with Crippen molar-refractivity contribution in [2.75, 3.05) is 0 Å². The molecule has 1 aromatic carbocycles. The highest BCUT2D eigenvalue weighted by Gasteiger charge is 2.08. The molecule has 0 fully saturated rings. The van der Waals surface area contributed by atoms with Gasteiger partial charge in [-0.1, -0.05) is 11.6 Å². The summed E-state index contributed by atoms with van der Waals surface area (Å²) < 4.78 is 12.8. The maximum Gasteiger partial charge on any atom is 0.185 e. The molecule has 0 spiro atoms. The van der Waals surface area contributed by atoms with Crippen molar-refractivity contribution in [3.05, 3.63) is 27.4 Å². The minimum absolute atomic E-state index is 0.208. The first-order valence-corrected chi connectivity index (χ1v) is 3.54. The molecule has 0 aliphatic heterocycles. The molecule has 0 amide bonds. The van der Waals surface area contributed by atoms with Crippen LogP contribution in [0.2, 0.25) is 5.02 Å². The van der Waals surface area contributed by atoms with Crippen molar-refractivity contribution in [1.29, 1.82) is 0 Å². The molecule has 10 heavy (non-hydrogen) atoms. The molecule has 0 aromatic heterocycles. The zero-order chi connectivity index (χ0) is 7.72. The van der Waals surface area contributed by atoms with Crippen LogP contribution >= 0.6 is 27.5 Å². The highest BCUT2D eigenvalue weighted by atomic mass is 79.9. The average Bonchev–Trinajstić information content (AvgIpc) is 1.93. The molecular weight excluding hydrogens is 222 g/mol. The Morgan fingerprint density at radius 3 is 2.80 bits per heavy atom. The fourth-order valence-corrected chi connectivity index (χ4v) is 0.900. The minimum atomic E-state index is -0.851. The van der Waals surface area contributed by atoms with Crippen LogP contribution in [0.15, 0.2) is 10.5 Å². The second kappa shape index (κ2) is 2.76. The van der Waals surface area contributed by atoms with Crippen molar-refractivity contribution in [2.45, 2.75) is 0 Å². The van der Waals surface area contributed by atoms with Gasteiger partial charge in [0, 0.05) is 6.07 Å². The van der Waals surface area contributed by atoms with Crippen molar-refractivity contribution >= 4 is 27.5 Å². The van der Waals surface area contributed by atoms with Crippen LogP contribution in [0.3, 0.4) is 0 Å². The molecule has 0 aliphatic rings. The summed E-state index contributed by atoms with van der Waals surface area (Å²) in [6, 6.07) is 3.74. The first kappa shape index (κ1) is 7.82. The number of phenolic OH excluding ortho intramolecular Hbond substituents is 1. The summed E-state index contributed by atoms with van der Waals surface area (Å²) in [5.41, 5.74) is 0. The largest absolute Gasteiger partial charge is 0.504 e. The van der Waals surface area contributed by atoms with Gasteiger partial charge in [-0.05, 0) is 22.0 Å². The van der Waals surface area contributed by atoms with E-state index in [0.29, 0.717) is 0 Å². The Labute approximate surface area is 70.6 Å². The second-order valence-corrected chi connectivity index (χ2v) is 2.85. The van der Waals surface area contributed by atoms with Gasteiger partial charge in [0.05, 0.1) is 9.50 Å². The Morgan fingerprint density at radius 1 is 1.70 bits per heavy atom. The lowest BCUT2D eigenvalue weighted by Crippen LogP contribution is -1.78. The van der Waals surface area contributed by atoms with E-state index in [-0.39, 0.29) is 9.50 Å². The molecule has 53 valence electrons. The summed E-state index contributed by atoms with van der Waals surface area (Å²) in [6.07, 6.45) is 0. The molecule has 0 unspecified atom stereocenters. The van der Waals surface area contributed by atoms with Crippen LogP contribution in [0, 0.1) is 11.9 Å². The first-order valence-electron chi connectivity index (χ1n) is 2.37. The number of hydrogen-bond acceptors (Lipinski definition) is 1. The number of hydrogen-bond donors (Lipinski definition) is 1. The van der Waals surface area contributed by atoms with E-state index in [2.05, 4.69) is 22.0 Å². The maximum absolute atomic E-state index is 12.5. The minimum Gasteiger partial charge on any atom is -0.504 e. The molecule has 1 nitrogen and oxygen atoms in total. The van der Waals surface area contributed by atoms with Crippen LogP contribution in [0.25, 0.3) is 0 Å². The lowest BCUT2D eigenvalue weighted by Gasteiger charge is -1.97. The molecule has 0 heterocycles. The molecule has 0 bridgehead atoms. The van der Waals surface area contributed by atoms with Crippen LogP contribution < -0.4 is 0 Å². The predicted octanol–water partition coefficient (Wildman–Crippen LogP) is 2.75. The Kier molecular flexibility index (Phi) is 2.16. The lowest BCUT2D eigenvalue weighted by molar-refractivity contribution is 0.429. The van der Waals surface area contributed by atoms with Gasteiger partial charge in [-0.15, -0.1) is 0 Å². The lowest BCUT2D eigenvalue weighted by atomic mass is 10.3. The summed E-state index contributed by atoms with van der Waals surface area (Å²) in [4.78, 5) is 0. The standard InChI is InChI=1S/C6H2BrClFO/c7-3-1-2-4(8)5(9)6(3)10/h1,10H. The van der Waals surface area contributed by atoms with E-state index in [1.54, 1.807) is 0 Å². The number of halogens is 3. The monoisotopic (exact) mass is 223 g/mol. The third-order valence-electron chi connectivity index (χ3n) is 0.952. The van der Waals surface area contributed by atoms with Crippen molar-refractivity contribution in [1.82, 2.24) is 0 Å². The van der Waals surface area contributed by atoms with Gasteiger partial charge in [-0.2, -0.15) is 0 Å². The summed E-state index contributed by atoms with van der Waals surface area (Å²) in [5, 5.41) is 8.65. The van der Waals surface area contributed by atoms with Crippen molar-refractivity contribution in [3.63, 3.8) is 0 Å². The quantitative estimate of drug-likeness (QED) is 0.672. The average molecular weight is 224 g/mol. The fourth-order valence-electron chi connectivity index (χ4n) is 0.467. The Balaban J connectivity index is 3.34. The summed E-state index contributed by atoms with van der Waals surface area (Å²) in [6.45, 7) is 0. The molecule has 0 aliphatic carbocycles. The highest BCUT2D eigenvalue weighted by Crippen LogP contribution is 2.30. The number of aromatic hydroxyl groups is 1. The Hall–Kier alpha value is -0.280. The molecule has 1 N–H and O–H groups in total. The van der Waals surface area contributed by atoms with Gasteiger partial charge >= 0.3 is 0 Å². The van der Waals surface area contributed by atoms with Gasteiger partial charge in [0.1, 0.15) is 0 Å². The Bertz CT molecular complexity index is 237. The zero-order valence-electron chi connectivity index (χ0n) is 4.66. The van der Waals surface area contributed by atoms with Gasteiger partial charge in [0.2, 0.25) is 0 Å².